The van der Waals surface area contributed by atoms with Gasteiger partial charge in [0, 0.05) is 12.1 Å². The van der Waals surface area contributed by atoms with Crippen LogP contribution in [0.15, 0.2) is 23.0 Å². The third-order valence-corrected chi connectivity index (χ3v) is 5.06. The number of thiazole rings is 1. The highest BCUT2D eigenvalue weighted by molar-refractivity contribution is 7.16. The fourth-order valence-corrected chi connectivity index (χ4v) is 3.89. The number of aryl methyl sites for hydroxylation is 1. The maximum absolute atomic E-state index is 11.3. The van der Waals surface area contributed by atoms with Gasteiger partial charge in [-0.05, 0) is 50.9 Å². The lowest BCUT2D eigenvalue weighted by molar-refractivity contribution is -0.0368. The first-order chi connectivity index (χ1) is 10.1. The number of hydrogen-bond donors (Lipinski definition) is 1. The number of rotatable bonds is 4. The highest BCUT2D eigenvalue weighted by atomic mass is 32.1. The van der Waals surface area contributed by atoms with Crippen molar-refractivity contribution in [2.75, 3.05) is 19.8 Å². The summed E-state index contributed by atoms with van der Waals surface area (Å²) in [6.07, 6.45) is 2.19. The van der Waals surface area contributed by atoms with Crippen LogP contribution in [-0.2, 0) is 11.2 Å². The fraction of sp³-hybridized carbons (Fsp3) is 0.562. The molecule has 1 saturated heterocycles. The molecule has 0 bridgehead atoms. The molecule has 2 aromatic rings. The molecule has 1 aliphatic rings. The van der Waals surface area contributed by atoms with Gasteiger partial charge >= 0.3 is 4.87 Å². The predicted octanol–water partition coefficient (Wildman–Crippen LogP) is 2.63. The summed E-state index contributed by atoms with van der Waals surface area (Å²) in [5.41, 5.74) is 2.26. The molecule has 1 fully saturated rings. The Hall–Kier alpha value is -1.17. The average Bonchev–Trinajstić information content (AvgIpc) is 2.81. The van der Waals surface area contributed by atoms with Crippen molar-refractivity contribution in [3.05, 3.63) is 33.4 Å². The first-order valence-electron chi connectivity index (χ1n) is 7.59. The van der Waals surface area contributed by atoms with Crippen molar-refractivity contribution < 1.29 is 4.74 Å². The van der Waals surface area contributed by atoms with Gasteiger partial charge in [0.05, 0.1) is 23.4 Å². The maximum atomic E-state index is 11.3. The Kier molecular flexibility index (Phi) is 4.42. The highest BCUT2D eigenvalue weighted by Crippen LogP contribution is 2.18. The number of nitrogens with one attached hydrogen (secondary N) is 1. The van der Waals surface area contributed by atoms with Gasteiger partial charge in [-0.1, -0.05) is 17.4 Å². The topological polar surface area (TPSA) is 45.3 Å². The van der Waals surface area contributed by atoms with Gasteiger partial charge in [0.25, 0.3) is 0 Å². The molecule has 2 heterocycles. The summed E-state index contributed by atoms with van der Waals surface area (Å²) in [4.78, 5) is 16.7. The van der Waals surface area contributed by atoms with Gasteiger partial charge in [0.1, 0.15) is 0 Å². The van der Waals surface area contributed by atoms with Crippen LogP contribution in [0.25, 0.3) is 10.2 Å². The zero-order valence-corrected chi connectivity index (χ0v) is 13.4. The number of morpholine rings is 1. The van der Waals surface area contributed by atoms with E-state index in [9.17, 15) is 4.79 Å². The van der Waals surface area contributed by atoms with Gasteiger partial charge in [-0.2, -0.15) is 0 Å². The van der Waals surface area contributed by atoms with Crippen LogP contribution in [0.5, 0.6) is 0 Å². The van der Waals surface area contributed by atoms with E-state index in [4.69, 9.17) is 4.74 Å². The SMILES string of the molecule is CC1COCC(C)N1CCCc1ccc2[nH]c(=O)sc2c1. The highest BCUT2D eigenvalue weighted by Gasteiger charge is 2.24. The number of aromatic nitrogens is 1. The minimum absolute atomic E-state index is 0.0260. The first-order valence-corrected chi connectivity index (χ1v) is 8.40. The van der Waals surface area contributed by atoms with E-state index in [1.807, 2.05) is 6.07 Å². The molecule has 1 aliphatic heterocycles. The Bertz CT molecular complexity index is 654. The number of aromatic amines is 1. The largest absolute Gasteiger partial charge is 0.378 e. The van der Waals surface area contributed by atoms with Crippen LogP contribution in [-0.4, -0.2) is 41.7 Å². The van der Waals surface area contributed by atoms with Crippen LogP contribution in [0.3, 0.4) is 0 Å². The lowest BCUT2D eigenvalue weighted by atomic mass is 10.1. The fourth-order valence-electron chi connectivity index (χ4n) is 3.09. The van der Waals surface area contributed by atoms with Crippen molar-refractivity contribution in [1.29, 1.82) is 0 Å². The quantitative estimate of drug-likeness (QED) is 0.944. The number of H-pyrrole nitrogens is 1. The number of ether oxygens (including phenoxy) is 1. The van der Waals surface area contributed by atoms with Crippen LogP contribution in [0.4, 0.5) is 0 Å². The van der Waals surface area contributed by atoms with Crippen molar-refractivity contribution >= 4 is 21.6 Å². The Balaban J connectivity index is 1.59. The summed E-state index contributed by atoms with van der Waals surface area (Å²) in [6.45, 7) is 7.26. The smallest absolute Gasteiger partial charge is 0.305 e. The molecular formula is C16H22N2O2S. The van der Waals surface area contributed by atoms with Crippen LogP contribution < -0.4 is 4.87 Å². The molecule has 0 saturated carbocycles. The summed E-state index contributed by atoms with van der Waals surface area (Å²) in [7, 11) is 0. The standard InChI is InChI=1S/C16H22N2O2S/c1-11-9-20-10-12(2)18(11)7-3-4-13-5-6-14-15(8-13)21-16(19)17-14/h5-6,8,11-12H,3-4,7,9-10H2,1-2H3,(H,17,19). The molecule has 3 rings (SSSR count). The zero-order chi connectivity index (χ0) is 14.8. The molecule has 1 aromatic carbocycles. The molecule has 1 N–H and O–H groups in total. The second-order valence-electron chi connectivity index (χ2n) is 5.92. The summed E-state index contributed by atoms with van der Waals surface area (Å²) in [5.74, 6) is 0. The Morgan fingerprint density at radius 1 is 1.33 bits per heavy atom. The lowest BCUT2D eigenvalue weighted by Crippen LogP contribution is -2.49. The van der Waals surface area contributed by atoms with E-state index in [0.29, 0.717) is 12.1 Å². The van der Waals surface area contributed by atoms with Crippen LogP contribution >= 0.6 is 11.3 Å². The van der Waals surface area contributed by atoms with E-state index in [1.165, 1.54) is 16.9 Å². The van der Waals surface area contributed by atoms with Gasteiger partial charge in [-0.25, -0.2) is 0 Å². The van der Waals surface area contributed by atoms with Crippen molar-refractivity contribution in [2.45, 2.75) is 38.8 Å². The molecule has 5 heteroatoms. The third kappa shape index (κ3) is 3.36. The predicted molar refractivity (Wildman–Crippen MR) is 87.2 cm³/mol. The second kappa shape index (κ2) is 6.30. The van der Waals surface area contributed by atoms with E-state index in [1.54, 1.807) is 0 Å². The Labute approximate surface area is 128 Å². The molecular weight excluding hydrogens is 284 g/mol. The molecule has 114 valence electrons. The lowest BCUT2D eigenvalue weighted by Gasteiger charge is -2.38. The van der Waals surface area contributed by atoms with Gasteiger partial charge in [0.15, 0.2) is 0 Å². The van der Waals surface area contributed by atoms with Gasteiger partial charge in [-0.3, -0.25) is 9.69 Å². The van der Waals surface area contributed by atoms with E-state index >= 15 is 0 Å². The zero-order valence-electron chi connectivity index (χ0n) is 12.6. The van der Waals surface area contributed by atoms with Crippen LogP contribution in [0.2, 0.25) is 0 Å². The number of nitrogens with zero attached hydrogens (tertiary/aromatic N) is 1. The van der Waals surface area contributed by atoms with Crippen LogP contribution in [0, 0.1) is 0 Å². The normalized spacial score (nSPS) is 23.7. The summed E-state index contributed by atoms with van der Waals surface area (Å²) < 4.78 is 6.63. The van der Waals surface area contributed by atoms with Gasteiger partial charge in [-0.15, -0.1) is 0 Å². The maximum Gasteiger partial charge on any atom is 0.305 e. The minimum Gasteiger partial charge on any atom is -0.378 e. The molecule has 2 atom stereocenters. The van der Waals surface area contributed by atoms with E-state index in [-0.39, 0.29) is 4.87 Å². The van der Waals surface area contributed by atoms with E-state index in [2.05, 4.69) is 35.9 Å². The third-order valence-electron chi connectivity index (χ3n) is 4.22. The Morgan fingerprint density at radius 3 is 2.86 bits per heavy atom. The van der Waals surface area contributed by atoms with Crippen molar-refractivity contribution in [3.63, 3.8) is 0 Å². The molecule has 0 spiro atoms. The van der Waals surface area contributed by atoms with Crippen molar-refractivity contribution in [1.82, 2.24) is 9.88 Å². The average molecular weight is 306 g/mol. The molecule has 0 aliphatic carbocycles. The summed E-state index contributed by atoms with van der Waals surface area (Å²) in [5, 5.41) is 0. The second-order valence-corrected chi connectivity index (χ2v) is 6.94. The van der Waals surface area contributed by atoms with E-state index < -0.39 is 0 Å². The number of fused-ring (bicyclic) bond motifs is 1. The van der Waals surface area contributed by atoms with Crippen molar-refractivity contribution in [2.24, 2.45) is 0 Å². The molecule has 0 radical (unpaired) electrons. The van der Waals surface area contributed by atoms with Crippen molar-refractivity contribution in [3.8, 4) is 0 Å². The van der Waals surface area contributed by atoms with Gasteiger partial charge in [0.2, 0.25) is 0 Å². The van der Waals surface area contributed by atoms with E-state index in [0.717, 1.165) is 42.8 Å². The Morgan fingerprint density at radius 2 is 2.10 bits per heavy atom. The monoisotopic (exact) mass is 306 g/mol. The molecule has 4 nitrogen and oxygen atoms in total. The molecule has 0 amide bonds. The molecule has 2 unspecified atom stereocenters. The molecule has 1 aromatic heterocycles. The first kappa shape index (κ1) is 14.8. The van der Waals surface area contributed by atoms with Crippen LogP contribution in [0.1, 0.15) is 25.8 Å². The summed E-state index contributed by atoms with van der Waals surface area (Å²) in [6, 6.07) is 7.29. The number of benzene rings is 1. The summed E-state index contributed by atoms with van der Waals surface area (Å²) >= 11 is 1.29. The van der Waals surface area contributed by atoms with Gasteiger partial charge < -0.3 is 9.72 Å². The number of hydrogen-bond acceptors (Lipinski definition) is 4. The molecule has 21 heavy (non-hydrogen) atoms. The minimum atomic E-state index is 0.0260.